The SMILES string of the molecule is COc1ccc(CNC(C#N)c2cnc[nH]2)cc1. The van der Waals surface area contributed by atoms with E-state index < -0.39 is 0 Å². The first-order chi connectivity index (χ1) is 8.83. The summed E-state index contributed by atoms with van der Waals surface area (Å²) in [7, 11) is 1.64. The molecule has 5 nitrogen and oxygen atoms in total. The van der Waals surface area contributed by atoms with E-state index >= 15 is 0 Å². The Kier molecular flexibility index (Phi) is 3.94. The minimum Gasteiger partial charge on any atom is -0.497 e. The number of nitrogens with zero attached hydrogens (tertiary/aromatic N) is 2. The summed E-state index contributed by atoms with van der Waals surface area (Å²) in [6.07, 6.45) is 3.21. The van der Waals surface area contributed by atoms with E-state index in [1.54, 1.807) is 19.6 Å². The van der Waals surface area contributed by atoms with Crippen LogP contribution in [0.5, 0.6) is 5.75 Å². The van der Waals surface area contributed by atoms with E-state index in [-0.39, 0.29) is 6.04 Å². The Labute approximate surface area is 105 Å². The van der Waals surface area contributed by atoms with E-state index in [0.29, 0.717) is 6.54 Å². The predicted octanol–water partition coefficient (Wildman–Crippen LogP) is 1.77. The molecule has 1 atom stereocenters. The molecule has 0 amide bonds. The maximum atomic E-state index is 9.08. The Bertz CT molecular complexity index is 513. The predicted molar refractivity (Wildman–Crippen MR) is 66.8 cm³/mol. The number of imidazole rings is 1. The number of aromatic nitrogens is 2. The standard InChI is InChI=1S/C13H14N4O/c1-18-11-4-2-10(3-5-11)7-16-12(6-14)13-8-15-9-17-13/h2-5,8-9,12,16H,7H2,1H3,(H,15,17). The van der Waals surface area contributed by atoms with Gasteiger partial charge in [-0.15, -0.1) is 0 Å². The Morgan fingerprint density at radius 3 is 2.78 bits per heavy atom. The second kappa shape index (κ2) is 5.84. The van der Waals surface area contributed by atoms with Crippen molar-refractivity contribution >= 4 is 0 Å². The molecular formula is C13H14N4O. The molecule has 0 radical (unpaired) electrons. The molecule has 1 unspecified atom stereocenters. The first kappa shape index (κ1) is 12.1. The summed E-state index contributed by atoms with van der Waals surface area (Å²) < 4.78 is 5.09. The molecule has 0 saturated carbocycles. The van der Waals surface area contributed by atoms with Crippen LogP contribution < -0.4 is 10.1 Å². The van der Waals surface area contributed by atoms with Gasteiger partial charge in [-0.25, -0.2) is 4.98 Å². The molecule has 5 heteroatoms. The summed E-state index contributed by atoms with van der Waals surface area (Å²) in [6.45, 7) is 0.612. The van der Waals surface area contributed by atoms with Crippen LogP contribution in [0.2, 0.25) is 0 Å². The normalized spacial score (nSPS) is 11.8. The van der Waals surface area contributed by atoms with Crippen LogP contribution in [-0.2, 0) is 6.54 Å². The van der Waals surface area contributed by atoms with Gasteiger partial charge in [0.2, 0.25) is 0 Å². The number of methoxy groups -OCH3 is 1. The molecule has 0 saturated heterocycles. The first-order valence-corrected chi connectivity index (χ1v) is 5.57. The molecular weight excluding hydrogens is 228 g/mol. The molecule has 92 valence electrons. The lowest BCUT2D eigenvalue weighted by molar-refractivity contribution is 0.414. The molecule has 2 N–H and O–H groups in total. The van der Waals surface area contributed by atoms with Gasteiger partial charge in [-0.05, 0) is 17.7 Å². The van der Waals surface area contributed by atoms with Gasteiger partial charge in [-0.2, -0.15) is 5.26 Å². The van der Waals surface area contributed by atoms with Gasteiger partial charge in [0.15, 0.2) is 0 Å². The molecule has 2 aromatic rings. The first-order valence-electron chi connectivity index (χ1n) is 5.57. The minimum atomic E-state index is -0.380. The largest absolute Gasteiger partial charge is 0.497 e. The van der Waals surface area contributed by atoms with Crippen molar-refractivity contribution in [1.82, 2.24) is 15.3 Å². The Hall–Kier alpha value is -2.32. The highest BCUT2D eigenvalue weighted by Gasteiger charge is 2.10. The quantitative estimate of drug-likeness (QED) is 0.838. The lowest BCUT2D eigenvalue weighted by atomic mass is 10.2. The maximum absolute atomic E-state index is 9.08. The van der Waals surface area contributed by atoms with Crippen molar-refractivity contribution in [2.75, 3.05) is 7.11 Å². The van der Waals surface area contributed by atoms with Crippen molar-refractivity contribution in [3.63, 3.8) is 0 Å². The van der Waals surface area contributed by atoms with Crippen LogP contribution in [0.3, 0.4) is 0 Å². The van der Waals surface area contributed by atoms with Crippen molar-refractivity contribution in [2.24, 2.45) is 0 Å². The second-order valence-electron chi connectivity index (χ2n) is 3.80. The van der Waals surface area contributed by atoms with E-state index in [1.165, 1.54) is 0 Å². The Morgan fingerprint density at radius 1 is 1.44 bits per heavy atom. The topological polar surface area (TPSA) is 73.7 Å². The summed E-state index contributed by atoms with van der Waals surface area (Å²) in [5.41, 5.74) is 1.86. The minimum absolute atomic E-state index is 0.380. The van der Waals surface area contributed by atoms with Crippen LogP contribution in [0.1, 0.15) is 17.3 Å². The highest BCUT2D eigenvalue weighted by Crippen LogP contribution is 2.13. The number of nitrogens with one attached hydrogen (secondary N) is 2. The van der Waals surface area contributed by atoms with Crippen molar-refractivity contribution in [1.29, 1.82) is 5.26 Å². The monoisotopic (exact) mass is 242 g/mol. The molecule has 0 bridgehead atoms. The van der Waals surface area contributed by atoms with Crippen LogP contribution in [0.25, 0.3) is 0 Å². The maximum Gasteiger partial charge on any atom is 0.138 e. The number of ether oxygens (including phenoxy) is 1. The summed E-state index contributed by atoms with van der Waals surface area (Å²) in [4.78, 5) is 6.83. The number of hydrogen-bond donors (Lipinski definition) is 2. The third kappa shape index (κ3) is 2.87. The van der Waals surface area contributed by atoms with Crippen molar-refractivity contribution in [3.05, 3.63) is 48.0 Å². The van der Waals surface area contributed by atoms with Crippen molar-refractivity contribution in [2.45, 2.75) is 12.6 Å². The van der Waals surface area contributed by atoms with Crippen LogP contribution in [0.15, 0.2) is 36.8 Å². The zero-order valence-corrected chi connectivity index (χ0v) is 10.1. The number of H-pyrrole nitrogens is 1. The van der Waals surface area contributed by atoms with Gasteiger partial charge in [-0.3, -0.25) is 5.32 Å². The molecule has 1 aromatic heterocycles. The van der Waals surface area contributed by atoms with Crippen LogP contribution >= 0.6 is 0 Å². The summed E-state index contributed by atoms with van der Waals surface area (Å²) in [5.74, 6) is 0.823. The molecule has 0 fully saturated rings. The Balaban J connectivity index is 1.96. The fourth-order valence-electron chi connectivity index (χ4n) is 1.61. The highest BCUT2D eigenvalue weighted by molar-refractivity contribution is 5.27. The third-order valence-corrected chi connectivity index (χ3v) is 2.63. The fourth-order valence-corrected chi connectivity index (χ4v) is 1.61. The van der Waals surface area contributed by atoms with E-state index in [1.807, 2.05) is 24.3 Å². The molecule has 2 rings (SSSR count). The number of rotatable bonds is 5. The summed E-state index contributed by atoms with van der Waals surface area (Å²) >= 11 is 0. The molecule has 18 heavy (non-hydrogen) atoms. The molecule has 0 aliphatic carbocycles. The Morgan fingerprint density at radius 2 is 2.22 bits per heavy atom. The highest BCUT2D eigenvalue weighted by atomic mass is 16.5. The molecule has 0 aliphatic rings. The lowest BCUT2D eigenvalue weighted by Gasteiger charge is -2.10. The van der Waals surface area contributed by atoms with E-state index in [9.17, 15) is 0 Å². The van der Waals surface area contributed by atoms with Gasteiger partial charge in [0.05, 0.1) is 31.4 Å². The number of hydrogen-bond acceptors (Lipinski definition) is 4. The van der Waals surface area contributed by atoms with Crippen LogP contribution in [-0.4, -0.2) is 17.1 Å². The third-order valence-electron chi connectivity index (χ3n) is 2.63. The van der Waals surface area contributed by atoms with Gasteiger partial charge in [0.1, 0.15) is 11.8 Å². The van der Waals surface area contributed by atoms with Gasteiger partial charge >= 0.3 is 0 Å². The van der Waals surface area contributed by atoms with Gasteiger partial charge < -0.3 is 9.72 Å². The molecule has 1 aromatic carbocycles. The average molecular weight is 242 g/mol. The number of nitriles is 1. The summed E-state index contributed by atoms with van der Waals surface area (Å²) in [5, 5.41) is 12.2. The van der Waals surface area contributed by atoms with E-state index in [2.05, 4.69) is 21.4 Å². The van der Waals surface area contributed by atoms with E-state index in [0.717, 1.165) is 17.0 Å². The fraction of sp³-hybridized carbons (Fsp3) is 0.231. The van der Waals surface area contributed by atoms with Crippen molar-refractivity contribution < 1.29 is 4.74 Å². The second-order valence-corrected chi connectivity index (χ2v) is 3.80. The lowest BCUT2D eigenvalue weighted by Crippen LogP contribution is -2.19. The number of benzene rings is 1. The van der Waals surface area contributed by atoms with Gasteiger partial charge in [-0.1, -0.05) is 12.1 Å². The van der Waals surface area contributed by atoms with Crippen LogP contribution in [0, 0.1) is 11.3 Å². The summed E-state index contributed by atoms with van der Waals surface area (Å²) in [6, 6.07) is 9.54. The zero-order valence-electron chi connectivity index (χ0n) is 10.1. The number of aromatic amines is 1. The molecule has 0 aliphatic heterocycles. The van der Waals surface area contributed by atoms with E-state index in [4.69, 9.17) is 10.00 Å². The van der Waals surface area contributed by atoms with Crippen molar-refractivity contribution in [3.8, 4) is 11.8 Å². The van der Waals surface area contributed by atoms with Crippen LogP contribution in [0.4, 0.5) is 0 Å². The van der Waals surface area contributed by atoms with Gasteiger partial charge in [0, 0.05) is 6.54 Å². The smallest absolute Gasteiger partial charge is 0.138 e. The van der Waals surface area contributed by atoms with Gasteiger partial charge in [0.25, 0.3) is 0 Å². The molecule has 1 heterocycles. The average Bonchev–Trinajstić information content (AvgIpc) is 2.94. The zero-order chi connectivity index (χ0) is 12.8. The molecule has 0 spiro atoms.